The zero-order chi connectivity index (χ0) is 15.4. The van der Waals surface area contributed by atoms with E-state index in [9.17, 15) is 13.2 Å². The summed E-state index contributed by atoms with van der Waals surface area (Å²) < 4.78 is 40.8. The van der Waals surface area contributed by atoms with E-state index < -0.39 is 17.5 Å². The number of hydrogen-bond donors (Lipinski definition) is 1. The third kappa shape index (κ3) is 3.60. The predicted octanol–water partition coefficient (Wildman–Crippen LogP) is 4.62. The molecule has 0 saturated heterocycles. The molecule has 0 aliphatic heterocycles. The molecule has 0 aromatic heterocycles. The normalized spacial score (nSPS) is 26.0. The minimum absolute atomic E-state index is 0.0298. The number of hydrogen-bond acceptors (Lipinski definition) is 1. The van der Waals surface area contributed by atoms with Crippen molar-refractivity contribution in [1.29, 1.82) is 0 Å². The summed E-state index contributed by atoms with van der Waals surface area (Å²) in [6, 6.07) is 2.48. The van der Waals surface area contributed by atoms with E-state index in [1.807, 2.05) is 7.05 Å². The molecule has 0 amide bonds. The van der Waals surface area contributed by atoms with E-state index in [2.05, 4.69) is 12.2 Å². The number of halogens is 3. The van der Waals surface area contributed by atoms with Crippen molar-refractivity contribution in [3.63, 3.8) is 0 Å². The number of nitrogens with one attached hydrogen (secondary N) is 1. The molecule has 118 valence electrons. The predicted molar refractivity (Wildman–Crippen MR) is 78.7 cm³/mol. The van der Waals surface area contributed by atoms with Crippen molar-refractivity contribution in [2.45, 2.75) is 44.9 Å². The average molecular weight is 299 g/mol. The van der Waals surface area contributed by atoms with Crippen LogP contribution >= 0.6 is 0 Å². The molecule has 3 unspecified atom stereocenters. The fraction of sp³-hybridized carbons (Fsp3) is 0.647. The third-order valence-corrected chi connectivity index (χ3v) is 4.73. The van der Waals surface area contributed by atoms with E-state index in [-0.39, 0.29) is 11.8 Å². The Morgan fingerprint density at radius 1 is 1.14 bits per heavy atom. The van der Waals surface area contributed by atoms with Gasteiger partial charge in [-0.3, -0.25) is 0 Å². The van der Waals surface area contributed by atoms with Gasteiger partial charge < -0.3 is 5.32 Å². The lowest BCUT2D eigenvalue weighted by Gasteiger charge is -2.36. The Hall–Kier alpha value is -1.03. The quantitative estimate of drug-likeness (QED) is 0.782. The molecule has 1 N–H and O–H groups in total. The highest BCUT2D eigenvalue weighted by Gasteiger charge is 2.33. The maximum Gasteiger partial charge on any atom is 0.194 e. The molecule has 1 aromatic carbocycles. The molecular weight excluding hydrogens is 275 g/mol. The molecule has 1 aliphatic rings. The Morgan fingerprint density at radius 3 is 2.57 bits per heavy atom. The number of rotatable bonds is 5. The molecule has 0 bridgehead atoms. The molecule has 1 aromatic rings. The van der Waals surface area contributed by atoms with Gasteiger partial charge in [-0.25, -0.2) is 13.2 Å². The summed E-state index contributed by atoms with van der Waals surface area (Å²) in [6.45, 7) is 2.93. The molecule has 1 aliphatic carbocycles. The summed E-state index contributed by atoms with van der Waals surface area (Å²) in [6.07, 6.45) is 5.24. The second kappa shape index (κ2) is 7.30. The van der Waals surface area contributed by atoms with Gasteiger partial charge >= 0.3 is 0 Å². The van der Waals surface area contributed by atoms with E-state index >= 15 is 0 Å². The maximum atomic E-state index is 14.1. The molecule has 21 heavy (non-hydrogen) atoms. The Labute approximate surface area is 124 Å². The summed E-state index contributed by atoms with van der Waals surface area (Å²) in [4.78, 5) is 0. The molecule has 0 radical (unpaired) electrons. The number of benzene rings is 1. The second-order valence-electron chi connectivity index (χ2n) is 6.16. The first-order chi connectivity index (χ1) is 10.1. The Balaban J connectivity index is 2.28. The molecule has 2 rings (SSSR count). The molecule has 4 heteroatoms. The van der Waals surface area contributed by atoms with Gasteiger partial charge in [-0.1, -0.05) is 32.3 Å². The Bertz CT molecular complexity index is 475. The van der Waals surface area contributed by atoms with Crippen molar-refractivity contribution in [1.82, 2.24) is 5.32 Å². The first-order valence-electron chi connectivity index (χ1n) is 7.86. The van der Waals surface area contributed by atoms with Crippen LogP contribution in [0.4, 0.5) is 13.2 Å². The van der Waals surface area contributed by atoms with Gasteiger partial charge in [0.05, 0.1) is 0 Å². The zero-order valence-electron chi connectivity index (χ0n) is 12.8. The molecular formula is C17H24F3N. The topological polar surface area (TPSA) is 12.0 Å². The maximum absolute atomic E-state index is 14.1. The van der Waals surface area contributed by atoms with Crippen LogP contribution in [-0.2, 0) is 0 Å². The average Bonchev–Trinajstić information content (AvgIpc) is 2.47. The fourth-order valence-corrected chi connectivity index (χ4v) is 3.71. The molecule has 3 atom stereocenters. The summed E-state index contributed by atoms with van der Waals surface area (Å²) in [5.74, 6) is -2.64. The van der Waals surface area contributed by atoms with Crippen molar-refractivity contribution in [3.05, 3.63) is 35.1 Å². The molecule has 1 fully saturated rings. The first kappa shape index (κ1) is 16.3. The minimum Gasteiger partial charge on any atom is -0.319 e. The fourth-order valence-electron chi connectivity index (χ4n) is 3.71. The van der Waals surface area contributed by atoms with Gasteiger partial charge in [-0.15, -0.1) is 0 Å². The molecule has 0 heterocycles. The van der Waals surface area contributed by atoms with E-state index in [0.717, 1.165) is 44.7 Å². The molecule has 1 saturated carbocycles. The van der Waals surface area contributed by atoms with Crippen LogP contribution in [0.1, 0.15) is 50.5 Å². The van der Waals surface area contributed by atoms with Crippen LogP contribution in [0.2, 0.25) is 0 Å². The summed E-state index contributed by atoms with van der Waals surface area (Å²) in [5.41, 5.74) is 0.343. The summed E-state index contributed by atoms with van der Waals surface area (Å²) in [7, 11) is 1.87. The van der Waals surface area contributed by atoms with Crippen molar-refractivity contribution < 1.29 is 13.2 Å². The van der Waals surface area contributed by atoms with Crippen LogP contribution in [0.15, 0.2) is 12.1 Å². The van der Waals surface area contributed by atoms with Gasteiger partial charge in [-0.2, -0.15) is 0 Å². The van der Waals surface area contributed by atoms with Gasteiger partial charge in [0, 0.05) is 0 Å². The van der Waals surface area contributed by atoms with Crippen molar-refractivity contribution in [2.75, 3.05) is 13.6 Å². The standard InChI is InChI=1S/C17H24F3N/c1-3-4-11-5-6-12(10-21-2)14(9-11)13-7-8-15(18)17(20)16(13)19/h7-8,11-12,14,21H,3-6,9-10H2,1-2H3. The highest BCUT2D eigenvalue weighted by atomic mass is 19.2. The minimum atomic E-state index is -1.34. The van der Waals surface area contributed by atoms with Crippen molar-refractivity contribution in [3.8, 4) is 0 Å². The van der Waals surface area contributed by atoms with Gasteiger partial charge in [0.15, 0.2) is 17.5 Å². The van der Waals surface area contributed by atoms with Crippen LogP contribution in [0, 0.1) is 29.3 Å². The molecule has 1 nitrogen and oxygen atoms in total. The first-order valence-corrected chi connectivity index (χ1v) is 7.86. The van der Waals surface area contributed by atoms with Crippen LogP contribution in [0.25, 0.3) is 0 Å². The monoisotopic (exact) mass is 299 g/mol. The Kier molecular flexibility index (Phi) is 5.68. The van der Waals surface area contributed by atoms with Crippen molar-refractivity contribution in [2.24, 2.45) is 11.8 Å². The second-order valence-corrected chi connectivity index (χ2v) is 6.16. The highest BCUT2D eigenvalue weighted by molar-refractivity contribution is 5.25. The van der Waals surface area contributed by atoms with Crippen LogP contribution in [0.3, 0.4) is 0 Å². The van der Waals surface area contributed by atoms with Crippen LogP contribution in [0.5, 0.6) is 0 Å². The van der Waals surface area contributed by atoms with Crippen LogP contribution in [-0.4, -0.2) is 13.6 Å². The lowest BCUT2D eigenvalue weighted by Crippen LogP contribution is -2.31. The van der Waals surface area contributed by atoms with Gasteiger partial charge in [0.25, 0.3) is 0 Å². The lowest BCUT2D eigenvalue weighted by molar-refractivity contribution is 0.218. The third-order valence-electron chi connectivity index (χ3n) is 4.73. The zero-order valence-corrected chi connectivity index (χ0v) is 12.8. The largest absolute Gasteiger partial charge is 0.319 e. The van der Waals surface area contributed by atoms with Crippen LogP contribution < -0.4 is 5.32 Å². The van der Waals surface area contributed by atoms with E-state index in [0.29, 0.717) is 11.5 Å². The summed E-state index contributed by atoms with van der Waals surface area (Å²) >= 11 is 0. The van der Waals surface area contributed by atoms with Gasteiger partial charge in [-0.05, 0) is 55.8 Å². The van der Waals surface area contributed by atoms with Crippen molar-refractivity contribution >= 4 is 0 Å². The van der Waals surface area contributed by atoms with E-state index in [4.69, 9.17) is 0 Å². The smallest absolute Gasteiger partial charge is 0.194 e. The molecule has 0 spiro atoms. The Morgan fingerprint density at radius 2 is 1.90 bits per heavy atom. The van der Waals surface area contributed by atoms with E-state index in [1.54, 1.807) is 0 Å². The lowest BCUT2D eigenvalue weighted by atomic mass is 9.70. The van der Waals surface area contributed by atoms with E-state index in [1.165, 1.54) is 6.07 Å². The van der Waals surface area contributed by atoms with Gasteiger partial charge in [0.1, 0.15) is 0 Å². The van der Waals surface area contributed by atoms with Gasteiger partial charge in [0.2, 0.25) is 0 Å². The highest BCUT2D eigenvalue weighted by Crippen LogP contribution is 2.43. The summed E-state index contributed by atoms with van der Waals surface area (Å²) in [5, 5.41) is 3.14. The SMILES string of the molecule is CCCC1CCC(CNC)C(c2ccc(F)c(F)c2F)C1.